The van der Waals surface area contributed by atoms with Crippen LogP contribution in [0.1, 0.15) is 36.3 Å². The number of hydrogen-bond acceptors (Lipinski definition) is 3. The molecule has 1 unspecified atom stereocenters. The summed E-state index contributed by atoms with van der Waals surface area (Å²) in [6.45, 7) is 3.85. The second-order valence-corrected chi connectivity index (χ2v) is 5.35. The zero-order chi connectivity index (χ0) is 16.9. The van der Waals surface area contributed by atoms with Crippen LogP contribution < -0.4 is 10.9 Å². The van der Waals surface area contributed by atoms with Gasteiger partial charge in [0.15, 0.2) is 0 Å². The highest BCUT2D eigenvalue weighted by Gasteiger charge is 2.24. The van der Waals surface area contributed by atoms with Gasteiger partial charge in [0, 0.05) is 23.7 Å². The van der Waals surface area contributed by atoms with E-state index in [9.17, 15) is 23.2 Å². The number of amides is 1. The predicted molar refractivity (Wildman–Crippen MR) is 75.1 cm³/mol. The highest BCUT2D eigenvalue weighted by atomic mass is 19.3. The molecule has 1 amide bonds. The number of carbonyl (C=O) groups is 2. The zero-order valence-electron chi connectivity index (χ0n) is 12.2. The molecule has 1 rings (SSSR count). The molecule has 3 N–H and O–H groups in total. The maximum absolute atomic E-state index is 12.3. The number of halogens is 2. The molecular formula is C14H18F2N2O4. The number of rotatable bonds is 7. The van der Waals surface area contributed by atoms with Crippen molar-refractivity contribution in [2.75, 3.05) is 0 Å². The van der Waals surface area contributed by atoms with E-state index in [4.69, 9.17) is 5.11 Å². The summed E-state index contributed by atoms with van der Waals surface area (Å²) in [6.07, 6.45) is -3.34. The molecule has 8 heteroatoms. The van der Waals surface area contributed by atoms with Crippen molar-refractivity contribution in [3.05, 3.63) is 33.7 Å². The molecule has 0 aliphatic rings. The van der Waals surface area contributed by atoms with Gasteiger partial charge in [0.05, 0.1) is 0 Å². The van der Waals surface area contributed by atoms with E-state index in [1.807, 2.05) is 19.2 Å². The fourth-order valence-electron chi connectivity index (χ4n) is 1.92. The fraction of sp³-hybridized carbons (Fsp3) is 0.500. The van der Waals surface area contributed by atoms with Crippen molar-refractivity contribution in [2.45, 2.75) is 39.2 Å². The normalized spacial score (nSPS) is 12.5. The van der Waals surface area contributed by atoms with Crippen molar-refractivity contribution < 1.29 is 23.5 Å². The number of carboxylic acids is 1. The highest BCUT2D eigenvalue weighted by molar-refractivity contribution is 5.96. The summed E-state index contributed by atoms with van der Waals surface area (Å²) in [5, 5.41) is 10.8. The third-order valence-corrected chi connectivity index (χ3v) is 2.81. The van der Waals surface area contributed by atoms with Crippen LogP contribution >= 0.6 is 0 Å². The van der Waals surface area contributed by atoms with E-state index in [1.165, 1.54) is 6.07 Å². The first kappa shape index (κ1) is 17.8. The first-order chi connectivity index (χ1) is 10.2. The van der Waals surface area contributed by atoms with Crippen molar-refractivity contribution in [1.82, 2.24) is 10.3 Å². The van der Waals surface area contributed by atoms with Gasteiger partial charge in [0.25, 0.3) is 5.91 Å². The first-order valence-corrected chi connectivity index (χ1v) is 6.74. The number of H-pyrrole nitrogens is 1. The summed E-state index contributed by atoms with van der Waals surface area (Å²) in [4.78, 5) is 36.9. The number of aromatic nitrogens is 1. The molecule has 1 aromatic rings. The molecule has 0 spiro atoms. The highest BCUT2D eigenvalue weighted by Crippen LogP contribution is 2.08. The minimum Gasteiger partial charge on any atom is -0.480 e. The van der Waals surface area contributed by atoms with Crippen LogP contribution in [-0.2, 0) is 11.2 Å². The molecule has 6 nitrogen and oxygen atoms in total. The summed E-state index contributed by atoms with van der Waals surface area (Å²) in [5.74, 6) is -2.19. The van der Waals surface area contributed by atoms with Gasteiger partial charge in [0.1, 0.15) is 6.04 Å². The molecular weight excluding hydrogens is 298 g/mol. The Morgan fingerprint density at radius 1 is 1.32 bits per heavy atom. The minimum absolute atomic E-state index is 0.0556. The van der Waals surface area contributed by atoms with Gasteiger partial charge < -0.3 is 15.4 Å². The second kappa shape index (κ2) is 7.67. The Hall–Kier alpha value is -2.25. The average Bonchev–Trinajstić information content (AvgIpc) is 2.35. The van der Waals surface area contributed by atoms with Crippen molar-refractivity contribution >= 4 is 11.9 Å². The quantitative estimate of drug-likeness (QED) is 0.708. The van der Waals surface area contributed by atoms with Crippen LogP contribution in [0, 0.1) is 5.92 Å². The maximum Gasteiger partial charge on any atom is 0.326 e. The van der Waals surface area contributed by atoms with E-state index >= 15 is 0 Å². The number of pyridine rings is 1. The Balaban J connectivity index is 2.94. The number of hydrogen-bond donors (Lipinski definition) is 3. The smallest absolute Gasteiger partial charge is 0.326 e. The zero-order valence-corrected chi connectivity index (χ0v) is 12.2. The molecule has 1 aromatic heterocycles. The Labute approximate surface area is 125 Å². The van der Waals surface area contributed by atoms with Crippen LogP contribution in [0.2, 0.25) is 0 Å². The van der Waals surface area contributed by atoms with Crippen LogP contribution in [0.3, 0.4) is 0 Å². The largest absolute Gasteiger partial charge is 0.480 e. The number of nitrogens with one attached hydrogen (secondary N) is 2. The van der Waals surface area contributed by atoms with Crippen molar-refractivity contribution in [1.29, 1.82) is 0 Å². The number of aromatic amines is 1. The van der Waals surface area contributed by atoms with E-state index in [-0.39, 0.29) is 11.5 Å². The third-order valence-electron chi connectivity index (χ3n) is 2.81. The SMILES string of the molecule is CC(C)Cc1cc(C(=O)NC(CC(F)F)C(=O)O)cc(=O)[nH]1. The van der Waals surface area contributed by atoms with Gasteiger partial charge >= 0.3 is 5.97 Å². The first-order valence-electron chi connectivity index (χ1n) is 6.74. The summed E-state index contributed by atoms with van der Waals surface area (Å²) in [5.41, 5.74) is -0.0441. The molecule has 0 radical (unpaired) electrons. The fourth-order valence-corrected chi connectivity index (χ4v) is 1.92. The molecule has 0 saturated heterocycles. The van der Waals surface area contributed by atoms with Crippen LogP contribution in [0.4, 0.5) is 8.78 Å². The molecule has 0 aromatic carbocycles. The van der Waals surface area contributed by atoms with Crippen molar-refractivity contribution in [2.24, 2.45) is 5.92 Å². The average molecular weight is 316 g/mol. The summed E-state index contributed by atoms with van der Waals surface area (Å²) in [7, 11) is 0. The summed E-state index contributed by atoms with van der Waals surface area (Å²) >= 11 is 0. The van der Waals surface area contributed by atoms with Gasteiger partial charge in [-0.05, 0) is 18.4 Å². The van der Waals surface area contributed by atoms with Gasteiger partial charge in [-0.3, -0.25) is 9.59 Å². The number of alkyl halides is 2. The molecule has 1 heterocycles. The van der Waals surface area contributed by atoms with Crippen molar-refractivity contribution in [3.63, 3.8) is 0 Å². The lowest BCUT2D eigenvalue weighted by molar-refractivity contribution is -0.140. The molecule has 1 atom stereocenters. The molecule has 0 aliphatic heterocycles. The lowest BCUT2D eigenvalue weighted by atomic mass is 10.1. The minimum atomic E-state index is -2.86. The van der Waals surface area contributed by atoms with Gasteiger partial charge in [-0.2, -0.15) is 0 Å². The van der Waals surface area contributed by atoms with E-state index in [2.05, 4.69) is 4.98 Å². The van der Waals surface area contributed by atoms with Crippen molar-refractivity contribution in [3.8, 4) is 0 Å². The Kier molecular flexibility index (Phi) is 6.21. The molecule has 0 bridgehead atoms. The monoisotopic (exact) mass is 316 g/mol. The van der Waals surface area contributed by atoms with Gasteiger partial charge in [0.2, 0.25) is 12.0 Å². The Bertz CT molecular complexity index is 599. The number of carboxylic acid groups (broad SMARTS) is 1. The molecule has 22 heavy (non-hydrogen) atoms. The Morgan fingerprint density at radius 2 is 1.95 bits per heavy atom. The van der Waals surface area contributed by atoms with Gasteiger partial charge in [-0.1, -0.05) is 13.8 Å². The summed E-state index contributed by atoms with van der Waals surface area (Å²) in [6, 6.07) is 0.707. The van der Waals surface area contributed by atoms with E-state index in [0.29, 0.717) is 12.1 Å². The van der Waals surface area contributed by atoms with E-state index in [1.54, 1.807) is 0 Å². The third kappa shape index (κ3) is 5.63. The van der Waals surface area contributed by atoms with E-state index < -0.39 is 36.3 Å². The van der Waals surface area contributed by atoms with Crippen LogP contribution in [0.25, 0.3) is 0 Å². The molecule has 0 aliphatic carbocycles. The predicted octanol–water partition coefficient (Wildman–Crippen LogP) is 1.41. The maximum atomic E-state index is 12.3. The molecule has 0 saturated carbocycles. The lowest BCUT2D eigenvalue weighted by Crippen LogP contribution is -2.42. The molecule has 0 fully saturated rings. The number of aliphatic carboxylic acids is 1. The number of carbonyl (C=O) groups excluding carboxylic acids is 1. The van der Waals surface area contributed by atoms with Crippen LogP contribution in [-0.4, -0.2) is 34.4 Å². The second-order valence-electron chi connectivity index (χ2n) is 5.35. The lowest BCUT2D eigenvalue weighted by Gasteiger charge is -2.14. The standard InChI is InChI=1S/C14H18F2N2O4/c1-7(2)3-9-4-8(5-12(19)17-9)13(20)18-10(14(21)22)6-11(15)16/h4-5,7,10-11H,3,6H2,1-2H3,(H,17,19)(H,18,20)(H,21,22). The van der Waals surface area contributed by atoms with Gasteiger partial charge in [-0.25, -0.2) is 13.6 Å². The topological polar surface area (TPSA) is 99.3 Å². The van der Waals surface area contributed by atoms with E-state index in [0.717, 1.165) is 6.07 Å². The molecule has 122 valence electrons. The van der Waals surface area contributed by atoms with Crippen LogP contribution in [0.15, 0.2) is 16.9 Å². The Morgan fingerprint density at radius 3 is 2.45 bits per heavy atom. The van der Waals surface area contributed by atoms with Gasteiger partial charge in [-0.15, -0.1) is 0 Å². The van der Waals surface area contributed by atoms with Crippen LogP contribution in [0.5, 0.6) is 0 Å². The summed E-state index contributed by atoms with van der Waals surface area (Å²) < 4.78 is 24.6.